The first-order valence-electron chi connectivity index (χ1n) is 5.83. The van der Waals surface area contributed by atoms with Gasteiger partial charge in [-0.2, -0.15) is 5.26 Å². The van der Waals surface area contributed by atoms with Gasteiger partial charge in [0.25, 0.3) is 0 Å². The van der Waals surface area contributed by atoms with Gasteiger partial charge in [-0.1, -0.05) is 31.5 Å². The molecule has 0 saturated heterocycles. The summed E-state index contributed by atoms with van der Waals surface area (Å²) in [5, 5.41) is 9.21. The van der Waals surface area contributed by atoms with Crippen LogP contribution in [0.4, 0.5) is 4.39 Å². The van der Waals surface area contributed by atoms with Crippen molar-refractivity contribution in [1.29, 1.82) is 5.26 Å². The highest BCUT2D eigenvalue weighted by Gasteiger charge is 2.22. The molecule has 1 atom stereocenters. The third-order valence-corrected chi connectivity index (χ3v) is 3.02. The van der Waals surface area contributed by atoms with E-state index >= 15 is 0 Å². The summed E-state index contributed by atoms with van der Waals surface area (Å²) in [5.41, 5.74) is 0.384. The van der Waals surface area contributed by atoms with E-state index in [-0.39, 0.29) is 10.8 Å². The largest absolute Gasteiger partial charge is 0.298 e. The Hall–Kier alpha value is -1.40. The molecule has 0 bridgehead atoms. The molecule has 1 aromatic rings. The van der Waals surface area contributed by atoms with Gasteiger partial charge in [-0.25, -0.2) is 4.39 Å². The third-order valence-electron chi connectivity index (χ3n) is 2.69. The minimum atomic E-state index is -0.906. The van der Waals surface area contributed by atoms with Crippen molar-refractivity contribution in [3.8, 4) is 6.07 Å². The Labute approximate surface area is 111 Å². The Kier molecular flexibility index (Phi) is 5.30. The number of rotatable bonds is 5. The van der Waals surface area contributed by atoms with Gasteiger partial charge in [0, 0.05) is 11.4 Å². The van der Waals surface area contributed by atoms with Gasteiger partial charge in [-0.3, -0.25) is 4.79 Å². The summed E-state index contributed by atoms with van der Waals surface area (Å²) in [4.78, 5) is 11.9. The second-order valence-corrected chi connectivity index (χ2v) is 5.03. The molecule has 96 valence electrons. The highest BCUT2D eigenvalue weighted by Crippen LogP contribution is 2.27. The van der Waals surface area contributed by atoms with Crippen LogP contribution in [-0.4, -0.2) is 5.78 Å². The normalized spacial score (nSPS) is 12.2. The minimum absolute atomic E-state index is 0.124. The van der Waals surface area contributed by atoms with Crippen molar-refractivity contribution in [2.24, 2.45) is 5.92 Å². The van der Waals surface area contributed by atoms with Gasteiger partial charge >= 0.3 is 0 Å². The number of carbonyl (C=O) groups is 1. The molecule has 0 saturated carbocycles. The van der Waals surface area contributed by atoms with Gasteiger partial charge in [-0.05, 0) is 30.0 Å². The summed E-state index contributed by atoms with van der Waals surface area (Å²) in [5.74, 6) is -1.15. The number of benzene rings is 1. The Bertz CT molecular complexity index is 479. The molecule has 1 rings (SSSR count). The zero-order valence-corrected chi connectivity index (χ0v) is 11.2. The van der Waals surface area contributed by atoms with E-state index in [0.717, 1.165) is 12.5 Å². The van der Waals surface area contributed by atoms with Gasteiger partial charge in [0.15, 0.2) is 5.78 Å². The smallest absolute Gasteiger partial charge is 0.154 e. The Balaban J connectivity index is 2.90. The average Bonchev–Trinajstić information content (AvgIpc) is 2.30. The standard InChI is InChI=1S/C14H15ClFNO/c1-9(2)3-6-14(18)12(8-17)11-5-4-10(16)7-13(11)15/h4-5,7,9,12H,3,6H2,1-2H3. The van der Waals surface area contributed by atoms with E-state index < -0.39 is 11.7 Å². The molecule has 0 aliphatic carbocycles. The van der Waals surface area contributed by atoms with Crippen LogP contribution in [0.5, 0.6) is 0 Å². The number of ketones is 1. The fourth-order valence-electron chi connectivity index (χ4n) is 1.63. The maximum absolute atomic E-state index is 12.9. The number of hydrogen-bond acceptors (Lipinski definition) is 2. The van der Waals surface area contributed by atoms with Gasteiger partial charge in [0.2, 0.25) is 0 Å². The van der Waals surface area contributed by atoms with Gasteiger partial charge in [-0.15, -0.1) is 0 Å². The Morgan fingerprint density at radius 2 is 2.17 bits per heavy atom. The van der Waals surface area contributed by atoms with Crippen LogP contribution in [0.15, 0.2) is 18.2 Å². The average molecular weight is 268 g/mol. The second-order valence-electron chi connectivity index (χ2n) is 4.63. The topological polar surface area (TPSA) is 40.9 Å². The Morgan fingerprint density at radius 3 is 2.67 bits per heavy atom. The van der Waals surface area contributed by atoms with Crippen molar-refractivity contribution in [1.82, 2.24) is 0 Å². The number of Topliss-reactive ketones (excluding diaryl/α,β-unsaturated/α-hetero) is 1. The van der Waals surface area contributed by atoms with Crippen LogP contribution in [0.1, 0.15) is 38.2 Å². The van der Waals surface area contributed by atoms with Crippen molar-refractivity contribution >= 4 is 17.4 Å². The summed E-state index contributed by atoms with van der Waals surface area (Å²) in [7, 11) is 0. The number of nitriles is 1. The van der Waals surface area contributed by atoms with Crippen LogP contribution in [0.25, 0.3) is 0 Å². The molecular formula is C14H15ClFNO. The van der Waals surface area contributed by atoms with E-state index in [1.54, 1.807) is 0 Å². The Morgan fingerprint density at radius 1 is 1.50 bits per heavy atom. The molecule has 0 aliphatic heterocycles. The second kappa shape index (κ2) is 6.51. The maximum atomic E-state index is 12.9. The van der Waals surface area contributed by atoms with Gasteiger partial charge in [0.1, 0.15) is 11.7 Å². The number of halogens is 2. The SMILES string of the molecule is CC(C)CCC(=O)C(C#N)c1ccc(F)cc1Cl. The van der Waals surface area contributed by atoms with Crippen molar-refractivity contribution in [2.75, 3.05) is 0 Å². The van der Waals surface area contributed by atoms with Crippen molar-refractivity contribution in [2.45, 2.75) is 32.6 Å². The first kappa shape index (κ1) is 14.7. The number of hydrogen-bond donors (Lipinski definition) is 0. The van der Waals surface area contributed by atoms with Crippen molar-refractivity contribution in [3.05, 3.63) is 34.6 Å². The lowest BCUT2D eigenvalue weighted by Crippen LogP contribution is -2.12. The van der Waals surface area contributed by atoms with Crippen LogP contribution in [-0.2, 0) is 4.79 Å². The lowest BCUT2D eigenvalue weighted by molar-refractivity contribution is -0.119. The van der Waals surface area contributed by atoms with Crippen LogP contribution in [0.3, 0.4) is 0 Å². The fraction of sp³-hybridized carbons (Fsp3) is 0.429. The van der Waals surface area contributed by atoms with E-state index in [9.17, 15) is 9.18 Å². The maximum Gasteiger partial charge on any atom is 0.154 e. The predicted molar refractivity (Wildman–Crippen MR) is 68.8 cm³/mol. The lowest BCUT2D eigenvalue weighted by Gasteiger charge is -2.11. The quantitative estimate of drug-likeness (QED) is 0.806. The summed E-state index contributed by atoms with van der Waals surface area (Å²) >= 11 is 5.87. The van der Waals surface area contributed by atoms with Crippen LogP contribution >= 0.6 is 11.6 Å². The van der Waals surface area contributed by atoms with E-state index in [1.807, 2.05) is 19.9 Å². The van der Waals surface area contributed by atoms with E-state index in [2.05, 4.69) is 0 Å². The van der Waals surface area contributed by atoms with Crippen molar-refractivity contribution < 1.29 is 9.18 Å². The van der Waals surface area contributed by atoms with E-state index in [1.165, 1.54) is 12.1 Å². The predicted octanol–water partition coefficient (Wildman–Crippen LogP) is 4.09. The first-order chi connectivity index (χ1) is 8.45. The highest BCUT2D eigenvalue weighted by atomic mass is 35.5. The molecule has 18 heavy (non-hydrogen) atoms. The molecule has 1 aromatic carbocycles. The molecule has 0 amide bonds. The minimum Gasteiger partial charge on any atom is -0.298 e. The summed E-state index contributed by atoms with van der Waals surface area (Å²) in [6.07, 6.45) is 1.07. The van der Waals surface area contributed by atoms with Gasteiger partial charge < -0.3 is 0 Å². The van der Waals surface area contributed by atoms with E-state index in [4.69, 9.17) is 16.9 Å². The zero-order valence-electron chi connectivity index (χ0n) is 10.4. The van der Waals surface area contributed by atoms with Crippen molar-refractivity contribution in [3.63, 3.8) is 0 Å². The molecule has 0 heterocycles. The molecule has 0 fully saturated rings. The molecule has 0 N–H and O–H groups in total. The van der Waals surface area contributed by atoms with Crippen LogP contribution in [0, 0.1) is 23.1 Å². The third kappa shape index (κ3) is 3.82. The molecule has 0 radical (unpaired) electrons. The molecule has 1 unspecified atom stereocenters. The molecule has 0 aromatic heterocycles. The zero-order chi connectivity index (χ0) is 13.7. The lowest BCUT2D eigenvalue weighted by atomic mass is 9.92. The molecule has 0 spiro atoms. The summed E-state index contributed by atoms with van der Waals surface area (Å²) < 4.78 is 12.9. The molecule has 2 nitrogen and oxygen atoms in total. The molecule has 4 heteroatoms. The summed E-state index contributed by atoms with van der Waals surface area (Å²) in [6.45, 7) is 4.03. The van der Waals surface area contributed by atoms with Crippen LogP contribution in [0.2, 0.25) is 5.02 Å². The first-order valence-corrected chi connectivity index (χ1v) is 6.20. The van der Waals surface area contributed by atoms with Crippen LogP contribution < -0.4 is 0 Å². The summed E-state index contributed by atoms with van der Waals surface area (Å²) in [6, 6.07) is 5.68. The number of nitrogens with zero attached hydrogens (tertiary/aromatic N) is 1. The highest BCUT2D eigenvalue weighted by molar-refractivity contribution is 6.31. The fourth-order valence-corrected chi connectivity index (χ4v) is 1.90. The number of carbonyl (C=O) groups excluding carboxylic acids is 1. The van der Waals surface area contributed by atoms with E-state index in [0.29, 0.717) is 17.9 Å². The molecule has 0 aliphatic rings. The molecular weight excluding hydrogens is 253 g/mol. The van der Waals surface area contributed by atoms with Gasteiger partial charge in [0.05, 0.1) is 6.07 Å². The monoisotopic (exact) mass is 267 g/mol.